The van der Waals surface area contributed by atoms with Gasteiger partial charge in [0.25, 0.3) is 0 Å². The van der Waals surface area contributed by atoms with Gasteiger partial charge >= 0.3 is 0 Å². The maximum absolute atomic E-state index is 11.8. The lowest BCUT2D eigenvalue weighted by Gasteiger charge is -2.12. The van der Waals surface area contributed by atoms with Gasteiger partial charge in [0.05, 0.1) is 0 Å². The first-order chi connectivity index (χ1) is 7.67. The molecule has 1 atom stereocenters. The Morgan fingerprint density at radius 1 is 1.41 bits per heavy atom. The second-order valence-corrected chi connectivity index (χ2v) is 4.00. The van der Waals surface area contributed by atoms with Crippen molar-refractivity contribution in [2.75, 3.05) is 18.9 Å². The number of anilines is 1. The third-order valence-corrected chi connectivity index (χ3v) is 2.56. The number of carbonyl (C=O) groups is 1. The molecule has 0 radical (unpaired) electrons. The van der Waals surface area contributed by atoms with Crippen LogP contribution in [-0.2, 0) is 11.2 Å². The third-order valence-electron chi connectivity index (χ3n) is 2.56. The van der Waals surface area contributed by atoms with E-state index >= 15 is 0 Å². The number of amides is 1. The monoisotopic (exact) mass is 256 g/mol. The molecule has 2 N–H and O–H groups in total. The molecule has 0 heterocycles. The first-order valence-electron chi connectivity index (χ1n) is 5.71. The zero-order chi connectivity index (χ0) is 12.0. The van der Waals surface area contributed by atoms with Crippen LogP contribution in [-0.4, -0.2) is 19.5 Å². The van der Waals surface area contributed by atoms with Gasteiger partial charge in [-0.05, 0) is 31.2 Å². The Hall–Kier alpha value is -1.06. The molecule has 96 valence electrons. The number of benzene rings is 1. The van der Waals surface area contributed by atoms with E-state index in [-0.39, 0.29) is 24.2 Å². The van der Waals surface area contributed by atoms with Gasteiger partial charge in [0.1, 0.15) is 0 Å². The average molecular weight is 257 g/mol. The molecular weight excluding hydrogens is 236 g/mol. The average Bonchev–Trinajstić information content (AvgIpc) is 2.29. The van der Waals surface area contributed by atoms with Gasteiger partial charge in [-0.3, -0.25) is 4.79 Å². The fourth-order valence-corrected chi connectivity index (χ4v) is 1.53. The van der Waals surface area contributed by atoms with Gasteiger partial charge in [-0.2, -0.15) is 0 Å². The highest BCUT2D eigenvalue weighted by molar-refractivity contribution is 5.92. The Morgan fingerprint density at radius 2 is 2.12 bits per heavy atom. The molecule has 1 rings (SSSR count). The maximum atomic E-state index is 11.8. The Kier molecular flexibility index (Phi) is 7.59. The lowest BCUT2D eigenvalue weighted by atomic mass is 10.1. The van der Waals surface area contributed by atoms with E-state index in [9.17, 15) is 4.79 Å². The number of hydrogen-bond donors (Lipinski definition) is 2. The van der Waals surface area contributed by atoms with Gasteiger partial charge in [-0.15, -0.1) is 12.4 Å². The van der Waals surface area contributed by atoms with Crippen molar-refractivity contribution in [2.45, 2.75) is 20.3 Å². The Balaban J connectivity index is 0.00000256. The van der Waals surface area contributed by atoms with Crippen LogP contribution in [0.1, 0.15) is 19.4 Å². The number of carbonyl (C=O) groups excluding carboxylic acids is 1. The lowest BCUT2D eigenvalue weighted by molar-refractivity contribution is -0.119. The van der Waals surface area contributed by atoms with E-state index in [1.165, 1.54) is 5.56 Å². The van der Waals surface area contributed by atoms with Crippen LogP contribution >= 0.6 is 12.4 Å². The molecule has 17 heavy (non-hydrogen) atoms. The van der Waals surface area contributed by atoms with Crippen molar-refractivity contribution in [3.63, 3.8) is 0 Å². The second kappa shape index (κ2) is 8.09. The number of halogens is 1. The normalized spacial score (nSPS) is 11.5. The van der Waals surface area contributed by atoms with E-state index in [4.69, 9.17) is 0 Å². The highest BCUT2D eigenvalue weighted by Gasteiger charge is 2.11. The lowest BCUT2D eigenvalue weighted by Crippen LogP contribution is -2.28. The molecule has 0 aromatic heterocycles. The van der Waals surface area contributed by atoms with E-state index < -0.39 is 0 Å². The van der Waals surface area contributed by atoms with Crippen molar-refractivity contribution in [1.29, 1.82) is 0 Å². The van der Waals surface area contributed by atoms with Crippen molar-refractivity contribution in [3.8, 4) is 0 Å². The molecule has 1 aromatic rings. The topological polar surface area (TPSA) is 41.1 Å². The minimum absolute atomic E-state index is 0. The number of rotatable bonds is 5. The summed E-state index contributed by atoms with van der Waals surface area (Å²) in [6.45, 7) is 4.71. The molecule has 0 saturated heterocycles. The summed E-state index contributed by atoms with van der Waals surface area (Å²) in [6.07, 6.45) is 0.982. The quantitative estimate of drug-likeness (QED) is 0.850. The van der Waals surface area contributed by atoms with Crippen LogP contribution in [0.15, 0.2) is 24.3 Å². The molecule has 1 aromatic carbocycles. The molecule has 0 aliphatic rings. The molecule has 0 bridgehead atoms. The minimum Gasteiger partial charge on any atom is -0.326 e. The molecule has 0 fully saturated rings. The molecule has 3 nitrogen and oxygen atoms in total. The summed E-state index contributed by atoms with van der Waals surface area (Å²) in [5.41, 5.74) is 2.12. The van der Waals surface area contributed by atoms with E-state index in [1.54, 1.807) is 0 Å². The van der Waals surface area contributed by atoms with E-state index in [0.717, 1.165) is 12.1 Å². The maximum Gasteiger partial charge on any atom is 0.228 e. The summed E-state index contributed by atoms with van der Waals surface area (Å²) in [5.74, 6) is 0.0397. The smallest absolute Gasteiger partial charge is 0.228 e. The highest BCUT2D eigenvalue weighted by atomic mass is 35.5. The molecule has 0 aliphatic heterocycles. The van der Waals surface area contributed by atoms with E-state index in [2.05, 4.69) is 23.6 Å². The number of hydrogen-bond acceptors (Lipinski definition) is 2. The van der Waals surface area contributed by atoms with Crippen molar-refractivity contribution in [3.05, 3.63) is 29.8 Å². The molecule has 1 amide bonds. The summed E-state index contributed by atoms with van der Waals surface area (Å²) < 4.78 is 0. The van der Waals surface area contributed by atoms with Crippen LogP contribution in [0.2, 0.25) is 0 Å². The van der Waals surface area contributed by atoms with Gasteiger partial charge in [-0.1, -0.05) is 26.0 Å². The van der Waals surface area contributed by atoms with Gasteiger partial charge in [0.15, 0.2) is 0 Å². The van der Waals surface area contributed by atoms with Crippen LogP contribution in [0.5, 0.6) is 0 Å². The van der Waals surface area contributed by atoms with Crippen molar-refractivity contribution in [2.24, 2.45) is 5.92 Å². The third kappa shape index (κ3) is 5.20. The summed E-state index contributed by atoms with van der Waals surface area (Å²) >= 11 is 0. The van der Waals surface area contributed by atoms with Crippen LogP contribution in [0.3, 0.4) is 0 Å². The Labute approximate surface area is 109 Å². The van der Waals surface area contributed by atoms with Crippen LogP contribution in [0.4, 0.5) is 5.69 Å². The first kappa shape index (κ1) is 15.9. The molecular formula is C13H21ClN2O. The summed E-state index contributed by atoms with van der Waals surface area (Å²) in [5, 5.41) is 5.92. The van der Waals surface area contributed by atoms with Crippen molar-refractivity contribution >= 4 is 24.0 Å². The largest absolute Gasteiger partial charge is 0.326 e. The molecule has 0 saturated carbocycles. The van der Waals surface area contributed by atoms with E-state index in [0.29, 0.717) is 6.54 Å². The first-order valence-corrected chi connectivity index (χ1v) is 5.71. The van der Waals surface area contributed by atoms with Crippen molar-refractivity contribution < 1.29 is 4.79 Å². The van der Waals surface area contributed by atoms with Crippen molar-refractivity contribution in [1.82, 2.24) is 5.32 Å². The highest BCUT2D eigenvalue weighted by Crippen LogP contribution is 2.12. The summed E-state index contributed by atoms with van der Waals surface area (Å²) in [7, 11) is 1.85. The molecule has 1 unspecified atom stereocenters. The predicted octanol–water partition coefficient (Wildman–Crippen LogP) is 2.46. The van der Waals surface area contributed by atoms with Crippen LogP contribution in [0, 0.1) is 5.92 Å². The van der Waals surface area contributed by atoms with E-state index in [1.807, 2.05) is 32.2 Å². The van der Waals surface area contributed by atoms with Gasteiger partial charge < -0.3 is 10.6 Å². The molecule has 0 spiro atoms. The van der Waals surface area contributed by atoms with Gasteiger partial charge in [0.2, 0.25) is 5.91 Å². The number of nitrogens with one attached hydrogen (secondary N) is 2. The van der Waals surface area contributed by atoms with Gasteiger partial charge in [0, 0.05) is 18.2 Å². The van der Waals surface area contributed by atoms with Gasteiger partial charge in [-0.25, -0.2) is 0 Å². The SMILES string of the molecule is CCc1cccc(NC(=O)C(C)CNC)c1.Cl. The van der Waals surface area contributed by atoms with Crippen LogP contribution in [0.25, 0.3) is 0 Å². The standard InChI is InChI=1S/C13H20N2O.ClH/c1-4-11-6-5-7-12(8-11)15-13(16)10(2)9-14-3;/h5-8,10,14H,4,9H2,1-3H3,(H,15,16);1H. The fourth-order valence-electron chi connectivity index (χ4n) is 1.53. The fraction of sp³-hybridized carbons (Fsp3) is 0.462. The summed E-state index contributed by atoms with van der Waals surface area (Å²) in [4.78, 5) is 11.8. The Bertz CT molecular complexity index is 355. The predicted molar refractivity (Wildman–Crippen MR) is 74.8 cm³/mol. The van der Waals surface area contributed by atoms with Crippen LogP contribution < -0.4 is 10.6 Å². The Morgan fingerprint density at radius 3 is 2.71 bits per heavy atom. The second-order valence-electron chi connectivity index (χ2n) is 4.00. The summed E-state index contributed by atoms with van der Waals surface area (Å²) in [6, 6.07) is 7.97. The zero-order valence-corrected chi connectivity index (χ0v) is 11.4. The molecule has 4 heteroatoms. The molecule has 0 aliphatic carbocycles. The zero-order valence-electron chi connectivity index (χ0n) is 10.6. The number of aryl methyl sites for hydroxylation is 1. The minimum atomic E-state index is -0.0183.